The van der Waals surface area contributed by atoms with Crippen LogP contribution in [0, 0.1) is 5.92 Å². The Bertz CT molecular complexity index is 599. The van der Waals surface area contributed by atoms with Gasteiger partial charge in [-0.3, -0.25) is 0 Å². The minimum absolute atomic E-state index is 0. The summed E-state index contributed by atoms with van der Waals surface area (Å²) >= 11 is 0. The van der Waals surface area contributed by atoms with Gasteiger partial charge in [0.1, 0.15) is 5.75 Å². The summed E-state index contributed by atoms with van der Waals surface area (Å²) in [6.07, 6.45) is 0.952. The van der Waals surface area contributed by atoms with Crippen molar-refractivity contribution in [1.82, 2.24) is 0 Å². The van der Waals surface area contributed by atoms with E-state index in [0.717, 1.165) is 17.9 Å². The zero-order valence-corrected chi connectivity index (χ0v) is 15.7. The van der Waals surface area contributed by atoms with Gasteiger partial charge in [-0.1, -0.05) is 38.1 Å². The Hall–Kier alpha value is -0.00870. The number of fused-ring (bicyclic) bond motifs is 1. The van der Waals surface area contributed by atoms with Crippen LogP contribution in [-0.2, 0) is 0 Å². The van der Waals surface area contributed by atoms with Gasteiger partial charge in [-0.2, -0.15) is 0 Å². The first-order chi connectivity index (χ1) is 9.36. The molecule has 0 fully saturated rings. The summed E-state index contributed by atoms with van der Waals surface area (Å²) in [7, 11) is 0. The smallest absolute Gasteiger partial charge is 0.494 e. The average Bonchev–Trinajstić information content (AvgIpc) is 2.36. The molecule has 0 heterocycles. The van der Waals surface area contributed by atoms with Crippen LogP contribution in [0.25, 0.3) is 10.8 Å². The Morgan fingerprint density at radius 2 is 1.62 bits per heavy atom. The Balaban J connectivity index is 0.00000220. The second-order valence-corrected chi connectivity index (χ2v) is 5.37. The predicted octanol–water partition coefficient (Wildman–Crippen LogP) is 1.32. The maximum absolute atomic E-state index is 12.7. The molecule has 2 aromatic rings. The molecule has 0 aromatic heterocycles. The van der Waals surface area contributed by atoms with Crippen molar-refractivity contribution in [2.24, 2.45) is 5.92 Å². The van der Waals surface area contributed by atoms with Crippen LogP contribution in [0.3, 0.4) is 0 Å². The summed E-state index contributed by atoms with van der Waals surface area (Å²) in [6, 6.07) is 8.98. The third kappa shape index (κ3) is 5.60. The summed E-state index contributed by atoms with van der Waals surface area (Å²) < 4.78 is 43.6. The van der Waals surface area contributed by atoms with Crippen molar-refractivity contribution in [1.29, 1.82) is 0 Å². The van der Waals surface area contributed by atoms with E-state index in [9.17, 15) is 12.9 Å². The molecule has 0 amide bonds. The van der Waals surface area contributed by atoms with Gasteiger partial charge in [0.25, 0.3) is 0 Å². The van der Waals surface area contributed by atoms with Gasteiger partial charge in [0, 0.05) is 0 Å². The van der Waals surface area contributed by atoms with E-state index in [4.69, 9.17) is 4.74 Å². The average molecular weight is 320 g/mol. The number of benzene rings is 2. The number of hydrogen-bond acceptors (Lipinski definition) is 1. The monoisotopic (exact) mass is 320 g/mol. The van der Waals surface area contributed by atoms with Crippen LogP contribution in [0.4, 0.5) is 12.9 Å². The summed E-state index contributed by atoms with van der Waals surface area (Å²) in [5.74, 6) is 1.26. The molecule has 0 atom stereocenters. The third-order valence-electron chi connectivity index (χ3n) is 3.18. The first-order valence-electron chi connectivity index (χ1n) is 6.73. The number of halogens is 3. The first kappa shape index (κ1) is 19.0. The van der Waals surface area contributed by atoms with E-state index in [2.05, 4.69) is 13.8 Å². The molecule has 0 unspecified atom stereocenters. The van der Waals surface area contributed by atoms with E-state index in [1.54, 1.807) is 18.2 Å². The number of rotatable bonds is 5. The molecule has 0 N–H and O–H groups in total. The van der Waals surface area contributed by atoms with E-state index >= 15 is 0 Å². The third-order valence-corrected chi connectivity index (χ3v) is 3.18. The molecule has 0 saturated heterocycles. The van der Waals surface area contributed by atoms with Gasteiger partial charge >= 0.3 is 58.4 Å². The fourth-order valence-corrected chi connectivity index (χ4v) is 1.95. The zero-order valence-electron chi connectivity index (χ0n) is 12.6. The molecule has 0 bridgehead atoms. The van der Waals surface area contributed by atoms with Crippen LogP contribution in [0.15, 0.2) is 36.4 Å². The van der Waals surface area contributed by atoms with Gasteiger partial charge < -0.3 is 17.7 Å². The summed E-state index contributed by atoms with van der Waals surface area (Å²) in [6.45, 7) is -0.0973. The molecule has 2 rings (SSSR count). The number of hydrogen-bond donors (Lipinski definition) is 0. The molecule has 2 aromatic carbocycles. The van der Waals surface area contributed by atoms with Gasteiger partial charge in [-0.15, -0.1) is 5.46 Å². The molecule has 0 aliphatic heterocycles. The van der Waals surface area contributed by atoms with E-state index in [1.807, 2.05) is 0 Å². The fraction of sp³-hybridized carbons (Fsp3) is 0.333. The van der Waals surface area contributed by atoms with Gasteiger partial charge in [-0.25, -0.2) is 0 Å². The largest absolute Gasteiger partial charge is 1.00 e. The van der Waals surface area contributed by atoms with E-state index in [0.29, 0.717) is 23.7 Å². The number of ether oxygens (including phenoxy) is 1. The molecule has 0 radical (unpaired) electrons. The second kappa shape index (κ2) is 8.02. The van der Waals surface area contributed by atoms with Crippen molar-refractivity contribution in [3.63, 3.8) is 0 Å². The van der Waals surface area contributed by atoms with E-state index in [-0.39, 0.29) is 51.4 Å². The van der Waals surface area contributed by atoms with Crippen LogP contribution in [0.5, 0.6) is 5.75 Å². The Labute approximate surface area is 165 Å². The van der Waals surface area contributed by atoms with Gasteiger partial charge in [0.15, 0.2) is 0 Å². The molecule has 0 aliphatic rings. The quantitative estimate of drug-likeness (QED) is 0.755. The SMILES string of the molecule is CC(C)CCOc1ccc2cc([B-](F)(F)F)ccc2c1.[K+]. The predicted molar refractivity (Wildman–Crippen MR) is 77.6 cm³/mol. The minimum atomic E-state index is -4.95. The molecule has 0 aliphatic carbocycles. The topological polar surface area (TPSA) is 9.23 Å². The molecular formula is C15H17BF3KO. The van der Waals surface area contributed by atoms with Crippen molar-refractivity contribution >= 4 is 23.2 Å². The molecule has 0 spiro atoms. The van der Waals surface area contributed by atoms with Crippen molar-refractivity contribution < 1.29 is 69.1 Å². The van der Waals surface area contributed by atoms with Crippen LogP contribution in [0.2, 0.25) is 0 Å². The Morgan fingerprint density at radius 3 is 2.24 bits per heavy atom. The first-order valence-corrected chi connectivity index (χ1v) is 6.73. The molecule has 21 heavy (non-hydrogen) atoms. The minimum Gasteiger partial charge on any atom is -0.494 e. The van der Waals surface area contributed by atoms with Crippen LogP contribution < -0.4 is 61.6 Å². The van der Waals surface area contributed by atoms with Gasteiger partial charge in [-0.05, 0) is 35.2 Å². The van der Waals surface area contributed by atoms with Crippen LogP contribution >= 0.6 is 0 Å². The molecule has 1 nitrogen and oxygen atoms in total. The molecule has 6 heteroatoms. The normalized spacial score (nSPS) is 11.5. The standard InChI is InChI=1S/C15H17BF3O.K/c1-11(2)7-8-20-15-6-4-12-9-14(16(17,18)19)5-3-13(12)10-15;/h3-6,9-11H,7-8H2,1-2H3;/q-1;+1. The van der Waals surface area contributed by atoms with Crippen LogP contribution in [-0.4, -0.2) is 13.6 Å². The summed E-state index contributed by atoms with van der Waals surface area (Å²) in [5.41, 5.74) is -0.564. The molecular weight excluding hydrogens is 303 g/mol. The van der Waals surface area contributed by atoms with Gasteiger partial charge in [0.05, 0.1) is 6.61 Å². The molecule has 0 saturated carbocycles. The summed E-state index contributed by atoms with van der Waals surface area (Å²) in [5, 5.41) is 1.34. The second-order valence-electron chi connectivity index (χ2n) is 5.37. The zero-order chi connectivity index (χ0) is 14.8. The van der Waals surface area contributed by atoms with Crippen molar-refractivity contribution in [3.8, 4) is 5.75 Å². The maximum atomic E-state index is 12.7. The van der Waals surface area contributed by atoms with Crippen LogP contribution in [0.1, 0.15) is 20.3 Å². The van der Waals surface area contributed by atoms with E-state index < -0.39 is 12.4 Å². The maximum Gasteiger partial charge on any atom is 1.00 e. The van der Waals surface area contributed by atoms with Gasteiger partial charge in [0.2, 0.25) is 0 Å². The van der Waals surface area contributed by atoms with Crippen molar-refractivity contribution in [3.05, 3.63) is 36.4 Å². The Morgan fingerprint density at radius 1 is 1.00 bits per heavy atom. The van der Waals surface area contributed by atoms with E-state index in [1.165, 1.54) is 12.1 Å². The fourth-order valence-electron chi connectivity index (χ4n) is 1.95. The van der Waals surface area contributed by atoms with Crippen molar-refractivity contribution in [2.45, 2.75) is 20.3 Å². The van der Waals surface area contributed by atoms with Crippen molar-refractivity contribution in [2.75, 3.05) is 6.61 Å². The Kier molecular flexibility index (Phi) is 7.27. The summed E-state index contributed by atoms with van der Waals surface area (Å²) in [4.78, 5) is 0. The molecule has 108 valence electrons.